The fourth-order valence-corrected chi connectivity index (χ4v) is 3.46. The first-order chi connectivity index (χ1) is 10.5. The molecule has 0 aliphatic carbocycles. The Labute approximate surface area is 137 Å². The highest BCUT2D eigenvalue weighted by atomic mass is 32.2. The molecule has 1 aromatic carbocycles. The van der Waals surface area contributed by atoms with Crippen molar-refractivity contribution in [2.75, 3.05) is 26.7 Å². The molecule has 2 rings (SSSR count). The molecule has 0 radical (unpaired) electrons. The first-order valence-corrected chi connectivity index (χ1v) is 8.69. The first-order valence-electron chi connectivity index (χ1n) is 7.82. The molecule has 2 N–H and O–H groups in total. The molecule has 1 saturated heterocycles. The standard InChI is InChI=1S/C17H26N2O2S/c1-13(22-15-6-4-14(21-3)5-7-15)16(20)19-12-17(2)8-10-18-11-9-17/h4-7,13,18H,8-12H2,1-3H3,(H,19,20). The zero-order chi connectivity index (χ0) is 16.0. The van der Waals surface area contributed by atoms with Gasteiger partial charge in [-0.3, -0.25) is 4.79 Å². The first kappa shape index (κ1) is 17.2. The lowest BCUT2D eigenvalue weighted by atomic mass is 9.81. The van der Waals surface area contributed by atoms with Crippen molar-refractivity contribution in [2.45, 2.75) is 36.8 Å². The average molecular weight is 322 g/mol. The summed E-state index contributed by atoms with van der Waals surface area (Å²) in [6.45, 7) is 7.07. The van der Waals surface area contributed by atoms with Gasteiger partial charge in [-0.1, -0.05) is 6.92 Å². The number of rotatable bonds is 6. The van der Waals surface area contributed by atoms with E-state index < -0.39 is 0 Å². The number of ether oxygens (including phenoxy) is 1. The van der Waals surface area contributed by atoms with Crippen LogP contribution in [0.4, 0.5) is 0 Å². The fourth-order valence-electron chi connectivity index (χ4n) is 2.56. The topological polar surface area (TPSA) is 50.4 Å². The van der Waals surface area contributed by atoms with Gasteiger partial charge < -0.3 is 15.4 Å². The predicted molar refractivity (Wildman–Crippen MR) is 91.5 cm³/mol. The summed E-state index contributed by atoms with van der Waals surface area (Å²) in [6, 6.07) is 7.81. The monoisotopic (exact) mass is 322 g/mol. The largest absolute Gasteiger partial charge is 0.497 e. The van der Waals surface area contributed by atoms with Crippen molar-refractivity contribution in [1.82, 2.24) is 10.6 Å². The van der Waals surface area contributed by atoms with E-state index in [0.717, 1.165) is 43.1 Å². The smallest absolute Gasteiger partial charge is 0.233 e. The van der Waals surface area contributed by atoms with E-state index in [1.54, 1.807) is 18.9 Å². The molecule has 1 heterocycles. The van der Waals surface area contributed by atoms with E-state index in [9.17, 15) is 4.79 Å². The van der Waals surface area contributed by atoms with E-state index in [1.807, 2.05) is 31.2 Å². The lowest BCUT2D eigenvalue weighted by Gasteiger charge is -2.34. The second-order valence-corrected chi connectivity index (χ2v) is 7.63. The summed E-state index contributed by atoms with van der Waals surface area (Å²) < 4.78 is 5.14. The third kappa shape index (κ3) is 4.92. The van der Waals surface area contributed by atoms with E-state index >= 15 is 0 Å². The Balaban J connectivity index is 1.80. The van der Waals surface area contributed by atoms with Gasteiger partial charge in [0.15, 0.2) is 0 Å². The van der Waals surface area contributed by atoms with Gasteiger partial charge >= 0.3 is 0 Å². The molecule has 5 heteroatoms. The molecule has 4 nitrogen and oxygen atoms in total. The van der Waals surface area contributed by atoms with Crippen LogP contribution < -0.4 is 15.4 Å². The zero-order valence-electron chi connectivity index (χ0n) is 13.6. The van der Waals surface area contributed by atoms with Gasteiger partial charge in [-0.25, -0.2) is 0 Å². The fraction of sp³-hybridized carbons (Fsp3) is 0.588. The zero-order valence-corrected chi connectivity index (χ0v) is 14.5. The third-order valence-corrected chi connectivity index (χ3v) is 5.35. The Bertz CT molecular complexity index is 484. The summed E-state index contributed by atoms with van der Waals surface area (Å²) in [5.41, 5.74) is 0.228. The number of hydrogen-bond acceptors (Lipinski definition) is 4. The van der Waals surface area contributed by atoms with Crippen LogP contribution >= 0.6 is 11.8 Å². The summed E-state index contributed by atoms with van der Waals surface area (Å²) in [5, 5.41) is 6.39. The molecule has 0 aromatic heterocycles. The normalized spacial score (nSPS) is 18.5. The molecule has 1 unspecified atom stereocenters. The number of benzene rings is 1. The van der Waals surface area contributed by atoms with Crippen LogP contribution in [0.2, 0.25) is 0 Å². The van der Waals surface area contributed by atoms with Crippen molar-refractivity contribution in [3.63, 3.8) is 0 Å². The van der Waals surface area contributed by atoms with Crippen molar-refractivity contribution >= 4 is 17.7 Å². The molecule has 22 heavy (non-hydrogen) atoms. The van der Waals surface area contributed by atoms with Crippen LogP contribution in [-0.4, -0.2) is 37.9 Å². The Morgan fingerprint density at radius 3 is 2.59 bits per heavy atom. The summed E-state index contributed by atoms with van der Waals surface area (Å²) in [7, 11) is 1.65. The molecule has 122 valence electrons. The highest BCUT2D eigenvalue weighted by molar-refractivity contribution is 8.00. The van der Waals surface area contributed by atoms with Gasteiger partial charge in [0.2, 0.25) is 5.91 Å². The molecule has 1 aliphatic rings. The molecule has 0 bridgehead atoms. The van der Waals surface area contributed by atoms with Gasteiger partial charge in [0, 0.05) is 11.4 Å². The van der Waals surface area contributed by atoms with Crippen molar-refractivity contribution in [3.8, 4) is 5.75 Å². The van der Waals surface area contributed by atoms with Gasteiger partial charge in [-0.2, -0.15) is 0 Å². The predicted octanol–water partition coefficient (Wildman–Crippen LogP) is 2.68. The number of thioether (sulfide) groups is 1. The average Bonchev–Trinajstić information content (AvgIpc) is 2.54. The highest BCUT2D eigenvalue weighted by Crippen LogP contribution is 2.28. The summed E-state index contributed by atoms with van der Waals surface area (Å²) in [4.78, 5) is 13.4. The summed E-state index contributed by atoms with van der Waals surface area (Å²) >= 11 is 1.58. The lowest BCUT2D eigenvalue weighted by molar-refractivity contribution is -0.120. The van der Waals surface area contributed by atoms with Crippen LogP contribution in [-0.2, 0) is 4.79 Å². The Hall–Kier alpha value is -1.20. The van der Waals surface area contributed by atoms with Crippen molar-refractivity contribution in [1.29, 1.82) is 0 Å². The maximum Gasteiger partial charge on any atom is 0.233 e. The van der Waals surface area contributed by atoms with E-state index in [-0.39, 0.29) is 16.6 Å². The van der Waals surface area contributed by atoms with Crippen LogP contribution in [0.1, 0.15) is 26.7 Å². The van der Waals surface area contributed by atoms with E-state index in [2.05, 4.69) is 17.6 Å². The van der Waals surface area contributed by atoms with E-state index in [0.29, 0.717) is 0 Å². The van der Waals surface area contributed by atoms with Gasteiger partial charge in [0.1, 0.15) is 5.75 Å². The Kier molecular flexibility index (Phi) is 6.15. The van der Waals surface area contributed by atoms with Gasteiger partial charge in [-0.05, 0) is 62.5 Å². The minimum absolute atomic E-state index is 0.0984. The molecule has 1 atom stereocenters. The molecule has 1 aromatic rings. The maximum atomic E-state index is 12.3. The van der Waals surface area contributed by atoms with E-state index in [4.69, 9.17) is 4.74 Å². The van der Waals surface area contributed by atoms with Crippen LogP contribution in [0.15, 0.2) is 29.2 Å². The minimum Gasteiger partial charge on any atom is -0.497 e. The number of nitrogens with one attached hydrogen (secondary N) is 2. The molecule has 0 spiro atoms. The minimum atomic E-state index is -0.0984. The Morgan fingerprint density at radius 1 is 1.36 bits per heavy atom. The van der Waals surface area contributed by atoms with Crippen LogP contribution in [0.25, 0.3) is 0 Å². The number of hydrogen-bond donors (Lipinski definition) is 2. The number of carbonyl (C=O) groups is 1. The van der Waals surface area contributed by atoms with Gasteiger partial charge in [-0.15, -0.1) is 11.8 Å². The van der Waals surface area contributed by atoms with Crippen LogP contribution in [0, 0.1) is 5.41 Å². The maximum absolute atomic E-state index is 12.3. The van der Waals surface area contributed by atoms with Crippen LogP contribution in [0.3, 0.4) is 0 Å². The van der Waals surface area contributed by atoms with Crippen molar-refractivity contribution in [2.24, 2.45) is 5.41 Å². The third-order valence-electron chi connectivity index (χ3n) is 4.24. The van der Waals surface area contributed by atoms with Gasteiger partial charge in [0.25, 0.3) is 0 Å². The Morgan fingerprint density at radius 2 is 2.00 bits per heavy atom. The second kappa shape index (κ2) is 7.88. The molecule has 0 saturated carbocycles. The SMILES string of the molecule is COc1ccc(SC(C)C(=O)NCC2(C)CCNCC2)cc1. The number of carbonyl (C=O) groups excluding carboxylic acids is 1. The number of methoxy groups -OCH3 is 1. The van der Waals surface area contributed by atoms with Crippen molar-refractivity contribution in [3.05, 3.63) is 24.3 Å². The molecule has 1 amide bonds. The van der Waals surface area contributed by atoms with Crippen LogP contribution in [0.5, 0.6) is 5.75 Å². The summed E-state index contributed by atoms with van der Waals surface area (Å²) in [6.07, 6.45) is 2.24. The molecular formula is C17H26N2O2S. The molecular weight excluding hydrogens is 296 g/mol. The molecule has 1 fully saturated rings. The molecule has 1 aliphatic heterocycles. The van der Waals surface area contributed by atoms with Gasteiger partial charge in [0.05, 0.1) is 12.4 Å². The highest BCUT2D eigenvalue weighted by Gasteiger charge is 2.27. The summed E-state index contributed by atoms with van der Waals surface area (Å²) in [5.74, 6) is 0.945. The lowest BCUT2D eigenvalue weighted by Crippen LogP contribution is -2.44. The van der Waals surface area contributed by atoms with Crippen molar-refractivity contribution < 1.29 is 9.53 Å². The second-order valence-electron chi connectivity index (χ2n) is 6.21. The number of piperidine rings is 1. The quantitative estimate of drug-likeness (QED) is 0.791. The van der Waals surface area contributed by atoms with E-state index in [1.165, 1.54) is 0 Å². The number of amides is 1.